The highest BCUT2D eigenvalue weighted by Gasteiger charge is 2.09. The van der Waals surface area contributed by atoms with Crippen LogP contribution < -0.4 is 4.74 Å². The van der Waals surface area contributed by atoms with Gasteiger partial charge in [0, 0.05) is 29.6 Å². The molecule has 0 aliphatic heterocycles. The molecule has 0 aliphatic carbocycles. The molecule has 0 radical (unpaired) electrons. The van der Waals surface area contributed by atoms with Crippen molar-refractivity contribution in [2.24, 2.45) is 0 Å². The van der Waals surface area contributed by atoms with Crippen molar-refractivity contribution >= 4 is 5.65 Å². The van der Waals surface area contributed by atoms with E-state index in [1.807, 2.05) is 60.1 Å². The second kappa shape index (κ2) is 6.59. The second-order valence-electron chi connectivity index (χ2n) is 6.10. The molecule has 0 saturated heterocycles. The fraction of sp³-hybridized carbons (Fsp3) is 0.0952. The molecule has 0 N–H and O–H groups in total. The molecule has 2 aromatic carbocycles. The number of hydrogen-bond acceptors (Lipinski definition) is 2. The Hall–Kier alpha value is -3.21. The van der Waals surface area contributed by atoms with E-state index in [0.717, 1.165) is 28.5 Å². The summed E-state index contributed by atoms with van der Waals surface area (Å²) in [6, 6.07) is 15.1. The number of aryl methyl sites for hydroxylation is 1. The Morgan fingerprint density at radius 3 is 2.69 bits per heavy atom. The molecule has 0 fully saturated rings. The molecule has 4 rings (SSSR count). The third kappa shape index (κ3) is 3.16. The molecular formula is C21H16F2N2O. The SMILES string of the molecule is Cc1cc(-c2cn3ccccc3n2)ccc1OCc1ccc(F)cc1F. The van der Waals surface area contributed by atoms with E-state index in [9.17, 15) is 8.78 Å². The fourth-order valence-corrected chi connectivity index (χ4v) is 2.84. The van der Waals surface area contributed by atoms with Gasteiger partial charge in [0.05, 0.1) is 5.69 Å². The van der Waals surface area contributed by atoms with Gasteiger partial charge in [-0.15, -0.1) is 0 Å². The van der Waals surface area contributed by atoms with Crippen LogP contribution in [0.1, 0.15) is 11.1 Å². The summed E-state index contributed by atoms with van der Waals surface area (Å²) < 4.78 is 34.3. The normalized spacial score (nSPS) is 11.0. The molecule has 0 aliphatic rings. The molecule has 5 heteroatoms. The van der Waals surface area contributed by atoms with Crippen LogP contribution in [0.3, 0.4) is 0 Å². The number of hydrogen-bond donors (Lipinski definition) is 0. The summed E-state index contributed by atoms with van der Waals surface area (Å²) in [5.41, 5.74) is 3.96. The van der Waals surface area contributed by atoms with E-state index in [2.05, 4.69) is 4.98 Å². The maximum atomic E-state index is 13.7. The van der Waals surface area contributed by atoms with E-state index in [1.54, 1.807) is 0 Å². The van der Waals surface area contributed by atoms with Crippen molar-refractivity contribution in [1.29, 1.82) is 0 Å². The van der Waals surface area contributed by atoms with Crippen molar-refractivity contribution in [3.05, 3.63) is 89.8 Å². The van der Waals surface area contributed by atoms with Crippen LogP contribution in [-0.4, -0.2) is 9.38 Å². The van der Waals surface area contributed by atoms with Crippen molar-refractivity contribution in [2.45, 2.75) is 13.5 Å². The number of nitrogens with zero attached hydrogens (tertiary/aromatic N) is 2. The van der Waals surface area contributed by atoms with E-state index >= 15 is 0 Å². The Bertz CT molecular complexity index is 1060. The van der Waals surface area contributed by atoms with Gasteiger partial charge in [-0.3, -0.25) is 0 Å². The summed E-state index contributed by atoms with van der Waals surface area (Å²) in [7, 11) is 0. The van der Waals surface area contributed by atoms with E-state index in [4.69, 9.17) is 4.74 Å². The zero-order chi connectivity index (χ0) is 18.1. The lowest BCUT2D eigenvalue weighted by Crippen LogP contribution is -2.00. The topological polar surface area (TPSA) is 26.5 Å². The molecule has 26 heavy (non-hydrogen) atoms. The predicted molar refractivity (Wildman–Crippen MR) is 96.1 cm³/mol. The lowest BCUT2D eigenvalue weighted by molar-refractivity contribution is 0.297. The number of benzene rings is 2. The minimum Gasteiger partial charge on any atom is -0.489 e. The van der Waals surface area contributed by atoms with Crippen LogP contribution >= 0.6 is 0 Å². The summed E-state index contributed by atoms with van der Waals surface area (Å²) >= 11 is 0. The third-order valence-electron chi connectivity index (χ3n) is 4.23. The van der Waals surface area contributed by atoms with Crippen molar-refractivity contribution < 1.29 is 13.5 Å². The largest absolute Gasteiger partial charge is 0.489 e. The maximum Gasteiger partial charge on any atom is 0.137 e. The Morgan fingerprint density at radius 1 is 1.04 bits per heavy atom. The highest BCUT2D eigenvalue weighted by molar-refractivity contribution is 5.64. The molecule has 130 valence electrons. The minimum absolute atomic E-state index is 0.0423. The molecule has 4 aromatic rings. The van der Waals surface area contributed by atoms with Gasteiger partial charge in [0.1, 0.15) is 29.6 Å². The van der Waals surface area contributed by atoms with Crippen LogP contribution in [0.25, 0.3) is 16.9 Å². The fourth-order valence-electron chi connectivity index (χ4n) is 2.84. The zero-order valence-corrected chi connectivity index (χ0v) is 14.1. The average molecular weight is 350 g/mol. The van der Waals surface area contributed by atoms with Gasteiger partial charge in [0.2, 0.25) is 0 Å². The number of aromatic nitrogens is 2. The van der Waals surface area contributed by atoms with Gasteiger partial charge in [-0.1, -0.05) is 6.07 Å². The smallest absolute Gasteiger partial charge is 0.137 e. The van der Waals surface area contributed by atoms with E-state index in [-0.39, 0.29) is 6.61 Å². The summed E-state index contributed by atoms with van der Waals surface area (Å²) in [4.78, 5) is 4.60. The first-order valence-electron chi connectivity index (χ1n) is 8.21. The molecule has 0 unspecified atom stereocenters. The number of ether oxygens (including phenoxy) is 1. The van der Waals surface area contributed by atoms with Gasteiger partial charge in [-0.05, 0) is 55.0 Å². The summed E-state index contributed by atoms with van der Waals surface area (Å²) in [6.45, 7) is 1.97. The van der Waals surface area contributed by atoms with Gasteiger partial charge in [-0.25, -0.2) is 13.8 Å². The molecule has 3 nitrogen and oxygen atoms in total. The Morgan fingerprint density at radius 2 is 1.92 bits per heavy atom. The van der Waals surface area contributed by atoms with Gasteiger partial charge in [0.15, 0.2) is 0 Å². The molecule has 0 atom stereocenters. The van der Waals surface area contributed by atoms with Gasteiger partial charge < -0.3 is 9.14 Å². The lowest BCUT2D eigenvalue weighted by atomic mass is 10.1. The van der Waals surface area contributed by atoms with Crippen LogP contribution in [0.2, 0.25) is 0 Å². The van der Waals surface area contributed by atoms with Crippen LogP contribution in [0.15, 0.2) is 67.0 Å². The number of rotatable bonds is 4. The van der Waals surface area contributed by atoms with E-state index < -0.39 is 11.6 Å². The lowest BCUT2D eigenvalue weighted by Gasteiger charge is -2.11. The highest BCUT2D eigenvalue weighted by Crippen LogP contribution is 2.27. The van der Waals surface area contributed by atoms with Gasteiger partial charge >= 0.3 is 0 Å². The van der Waals surface area contributed by atoms with Crippen molar-refractivity contribution in [1.82, 2.24) is 9.38 Å². The molecule has 0 bridgehead atoms. The summed E-state index contributed by atoms with van der Waals surface area (Å²) in [6.07, 6.45) is 3.92. The summed E-state index contributed by atoms with van der Waals surface area (Å²) in [5, 5.41) is 0. The molecule has 0 spiro atoms. The molecule has 0 saturated carbocycles. The van der Waals surface area contributed by atoms with Gasteiger partial charge in [0.25, 0.3) is 0 Å². The maximum absolute atomic E-state index is 13.7. The van der Waals surface area contributed by atoms with E-state index in [0.29, 0.717) is 11.3 Å². The average Bonchev–Trinajstić information content (AvgIpc) is 3.06. The van der Waals surface area contributed by atoms with Crippen LogP contribution in [-0.2, 0) is 6.61 Å². The quantitative estimate of drug-likeness (QED) is 0.508. The molecule has 0 amide bonds. The van der Waals surface area contributed by atoms with Crippen molar-refractivity contribution in [3.63, 3.8) is 0 Å². The van der Waals surface area contributed by atoms with E-state index in [1.165, 1.54) is 12.1 Å². The monoisotopic (exact) mass is 350 g/mol. The van der Waals surface area contributed by atoms with Crippen molar-refractivity contribution in [3.8, 4) is 17.0 Å². The number of imidazole rings is 1. The Balaban J connectivity index is 1.55. The summed E-state index contributed by atoms with van der Waals surface area (Å²) in [5.74, 6) is -0.551. The first-order chi connectivity index (χ1) is 12.6. The third-order valence-corrected chi connectivity index (χ3v) is 4.23. The first kappa shape index (κ1) is 16.3. The first-order valence-corrected chi connectivity index (χ1v) is 8.21. The van der Waals surface area contributed by atoms with Crippen LogP contribution in [0, 0.1) is 18.6 Å². The predicted octanol–water partition coefficient (Wildman–Crippen LogP) is 5.17. The standard InChI is InChI=1S/C21H16F2N2O/c1-14-10-15(19-12-25-9-3-2-4-21(25)24-19)6-8-20(14)26-13-16-5-7-17(22)11-18(16)23/h2-12H,13H2,1H3. The minimum atomic E-state index is -0.607. The van der Waals surface area contributed by atoms with Crippen LogP contribution in [0.4, 0.5) is 8.78 Å². The molecule has 2 aromatic heterocycles. The van der Waals surface area contributed by atoms with Crippen molar-refractivity contribution in [2.75, 3.05) is 0 Å². The molecule has 2 heterocycles. The van der Waals surface area contributed by atoms with Gasteiger partial charge in [-0.2, -0.15) is 0 Å². The molecular weight excluding hydrogens is 334 g/mol. The zero-order valence-electron chi connectivity index (χ0n) is 14.1. The Labute approximate surface area is 149 Å². The number of pyridine rings is 1. The Kier molecular flexibility index (Phi) is 4.13. The number of fused-ring (bicyclic) bond motifs is 1. The highest BCUT2D eigenvalue weighted by atomic mass is 19.1. The van der Waals surface area contributed by atoms with Crippen LogP contribution in [0.5, 0.6) is 5.75 Å². The number of halogens is 2. The second-order valence-corrected chi connectivity index (χ2v) is 6.10.